The summed E-state index contributed by atoms with van der Waals surface area (Å²) in [4.78, 5) is 4.64. The van der Waals surface area contributed by atoms with Crippen LogP contribution in [0.25, 0.3) is 11.0 Å². The fourth-order valence-electron chi connectivity index (χ4n) is 2.31. The van der Waals surface area contributed by atoms with E-state index in [2.05, 4.69) is 11.1 Å². The van der Waals surface area contributed by atoms with Crippen LogP contribution in [0.2, 0.25) is 5.02 Å². The molecule has 0 bridgehead atoms. The van der Waals surface area contributed by atoms with Crippen molar-refractivity contribution in [1.82, 2.24) is 9.55 Å². The van der Waals surface area contributed by atoms with Gasteiger partial charge in [0.1, 0.15) is 5.82 Å². The van der Waals surface area contributed by atoms with E-state index in [0.29, 0.717) is 0 Å². The first kappa shape index (κ1) is 12.1. The molecule has 0 saturated carbocycles. The van der Waals surface area contributed by atoms with Crippen molar-refractivity contribution in [2.24, 2.45) is 7.05 Å². The van der Waals surface area contributed by atoms with Crippen molar-refractivity contribution < 1.29 is 0 Å². The van der Waals surface area contributed by atoms with Gasteiger partial charge in [-0.1, -0.05) is 29.8 Å². The monoisotopic (exact) mass is 271 g/mol. The van der Waals surface area contributed by atoms with E-state index in [4.69, 9.17) is 17.3 Å². The first-order valence-corrected chi connectivity index (χ1v) is 6.47. The smallest absolute Gasteiger partial charge is 0.114 e. The third-order valence-electron chi connectivity index (χ3n) is 3.25. The predicted molar refractivity (Wildman–Crippen MR) is 79.4 cm³/mol. The number of nitrogens with zero attached hydrogens (tertiary/aromatic N) is 2. The van der Waals surface area contributed by atoms with Crippen LogP contribution in [0.15, 0.2) is 42.5 Å². The SMILES string of the molecule is Cn1c(Cc2cccc(N)c2)nc2cccc(Cl)c21. The number of nitrogens with two attached hydrogens (primary N) is 1. The van der Waals surface area contributed by atoms with Crippen LogP contribution in [0, 0.1) is 0 Å². The second-order valence-corrected chi connectivity index (χ2v) is 5.02. The zero-order valence-electron chi connectivity index (χ0n) is 10.6. The van der Waals surface area contributed by atoms with Crippen LogP contribution in [0.1, 0.15) is 11.4 Å². The number of nitrogen functional groups attached to an aromatic ring is 1. The Labute approximate surface area is 116 Å². The Bertz CT molecular complexity index is 746. The molecule has 4 heteroatoms. The maximum atomic E-state index is 6.22. The van der Waals surface area contributed by atoms with Crippen LogP contribution in [-0.4, -0.2) is 9.55 Å². The lowest BCUT2D eigenvalue weighted by atomic mass is 10.1. The van der Waals surface area contributed by atoms with Gasteiger partial charge in [0.05, 0.1) is 16.1 Å². The average Bonchev–Trinajstić information content (AvgIpc) is 2.68. The number of imidazole rings is 1. The minimum Gasteiger partial charge on any atom is -0.399 e. The van der Waals surface area contributed by atoms with Gasteiger partial charge >= 0.3 is 0 Å². The van der Waals surface area contributed by atoms with Gasteiger partial charge in [-0.3, -0.25) is 0 Å². The number of halogens is 1. The number of para-hydroxylation sites is 1. The molecule has 0 saturated heterocycles. The molecule has 3 nitrogen and oxygen atoms in total. The molecule has 0 spiro atoms. The van der Waals surface area contributed by atoms with Crippen LogP contribution in [0.3, 0.4) is 0 Å². The van der Waals surface area contributed by atoms with Crippen molar-refractivity contribution in [3.05, 3.63) is 58.9 Å². The van der Waals surface area contributed by atoms with Crippen molar-refractivity contribution in [1.29, 1.82) is 0 Å². The highest BCUT2D eigenvalue weighted by Crippen LogP contribution is 2.24. The zero-order valence-corrected chi connectivity index (χ0v) is 11.4. The fourth-order valence-corrected chi connectivity index (χ4v) is 2.61. The topological polar surface area (TPSA) is 43.8 Å². The summed E-state index contributed by atoms with van der Waals surface area (Å²) >= 11 is 6.22. The van der Waals surface area contributed by atoms with Crippen LogP contribution in [0.4, 0.5) is 5.69 Å². The van der Waals surface area contributed by atoms with E-state index in [-0.39, 0.29) is 0 Å². The average molecular weight is 272 g/mol. The molecule has 96 valence electrons. The Balaban J connectivity index is 2.06. The van der Waals surface area contributed by atoms with Gasteiger partial charge in [0.15, 0.2) is 0 Å². The lowest BCUT2D eigenvalue weighted by Gasteiger charge is -2.04. The van der Waals surface area contributed by atoms with Crippen LogP contribution in [0.5, 0.6) is 0 Å². The molecule has 0 amide bonds. The van der Waals surface area contributed by atoms with E-state index < -0.39 is 0 Å². The summed E-state index contributed by atoms with van der Waals surface area (Å²) in [6.07, 6.45) is 0.743. The maximum absolute atomic E-state index is 6.22. The number of fused-ring (bicyclic) bond motifs is 1. The molecule has 0 atom stereocenters. The molecule has 2 N–H and O–H groups in total. The number of anilines is 1. The number of hydrogen-bond donors (Lipinski definition) is 1. The molecular formula is C15H14ClN3. The Morgan fingerprint density at radius 2 is 2.00 bits per heavy atom. The molecule has 0 unspecified atom stereocenters. The lowest BCUT2D eigenvalue weighted by molar-refractivity contribution is 0.845. The molecule has 0 aliphatic carbocycles. The minimum absolute atomic E-state index is 0.728. The second-order valence-electron chi connectivity index (χ2n) is 4.62. The van der Waals surface area contributed by atoms with Crippen molar-refractivity contribution in [3.8, 4) is 0 Å². The molecular weight excluding hydrogens is 258 g/mol. The summed E-state index contributed by atoms with van der Waals surface area (Å²) in [5, 5.41) is 0.728. The van der Waals surface area contributed by atoms with Gasteiger partial charge in [-0.2, -0.15) is 0 Å². The summed E-state index contributed by atoms with van der Waals surface area (Å²) < 4.78 is 2.04. The summed E-state index contributed by atoms with van der Waals surface area (Å²) in [5.41, 5.74) is 9.62. The third-order valence-corrected chi connectivity index (χ3v) is 3.56. The van der Waals surface area contributed by atoms with Crippen molar-refractivity contribution in [2.75, 3.05) is 5.73 Å². The summed E-state index contributed by atoms with van der Waals surface area (Å²) in [5.74, 6) is 0.980. The highest BCUT2D eigenvalue weighted by atomic mass is 35.5. The third kappa shape index (κ3) is 2.17. The van der Waals surface area contributed by atoms with Gasteiger partial charge in [0.2, 0.25) is 0 Å². The summed E-state index contributed by atoms with van der Waals surface area (Å²) in [6.45, 7) is 0. The summed E-state index contributed by atoms with van der Waals surface area (Å²) in [7, 11) is 1.99. The predicted octanol–water partition coefficient (Wildman–Crippen LogP) is 3.40. The van der Waals surface area contributed by atoms with Crippen LogP contribution in [-0.2, 0) is 13.5 Å². The van der Waals surface area contributed by atoms with Gasteiger partial charge in [-0.15, -0.1) is 0 Å². The number of aryl methyl sites for hydroxylation is 1. The normalized spacial score (nSPS) is 11.1. The number of benzene rings is 2. The largest absolute Gasteiger partial charge is 0.399 e. The molecule has 3 rings (SSSR count). The number of hydrogen-bond acceptors (Lipinski definition) is 2. The van der Waals surface area contributed by atoms with Crippen molar-refractivity contribution in [3.63, 3.8) is 0 Å². The van der Waals surface area contributed by atoms with Crippen molar-refractivity contribution in [2.45, 2.75) is 6.42 Å². The highest BCUT2D eigenvalue weighted by molar-refractivity contribution is 6.35. The highest BCUT2D eigenvalue weighted by Gasteiger charge is 2.10. The van der Waals surface area contributed by atoms with E-state index in [1.165, 1.54) is 0 Å². The molecule has 0 fully saturated rings. The van der Waals surface area contributed by atoms with E-state index in [1.807, 2.05) is 48.0 Å². The molecule has 3 aromatic rings. The van der Waals surface area contributed by atoms with Crippen LogP contribution < -0.4 is 5.73 Å². The quantitative estimate of drug-likeness (QED) is 0.726. The molecule has 1 heterocycles. The molecule has 0 aliphatic rings. The van der Waals surface area contributed by atoms with Gasteiger partial charge in [0.25, 0.3) is 0 Å². The standard InChI is InChI=1S/C15H14ClN3/c1-19-14(9-10-4-2-5-11(17)8-10)18-13-7-3-6-12(16)15(13)19/h2-8H,9,17H2,1H3. The molecule has 1 aromatic heterocycles. The number of aromatic nitrogens is 2. The van der Waals surface area contributed by atoms with E-state index in [0.717, 1.165) is 39.6 Å². The minimum atomic E-state index is 0.728. The molecule has 0 radical (unpaired) electrons. The Morgan fingerprint density at radius 1 is 1.21 bits per heavy atom. The first-order valence-electron chi connectivity index (χ1n) is 6.09. The lowest BCUT2D eigenvalue weighted by Crippen LogP contribution is -1.99. The van der Waals surface area contributed by atoms with Crippen molar-refractivity contribution >= 4 is 28.3 Å². The molecule has 19 heavy (non-hydrogen) atoms. The fraction of sp³-hybridized carbons (Fsp3) is 0.133. The zero-order chi connectivity index (χ0) is 13.4. The van der Waals surface area contributed by atoms with E-state index in [9.17, 15) is 0 Å². The van der Waals surface area contributed by atoms with E-state index >= 15 is 0 Å². The molecule has 0 aliphatic heterocycles. The van der Waals surface area contributed by atoms with Gasteiger partial charge < -0.3 is 10.3 Å². The molecule has 2 aromatic carbocycles. The van der Waals surface area contributed by atoms with Crippen LogP contribution >= 0.6 is 11.6 Å². The maximum Gasteiger partial charge on any atom is 0.114 e. The summed E-state index contributed by atoms with van der Waals surface area (Å²) in [6, 6.07) is 13.6. The Kier molecular flexibility index (Phi) is 2.91. The second kappa shape index (κ2) is 4.59. The van der Waals surface area contributed by atoms with Gasteiger partial charge in [-0.05, 0) is 29.8 Å². The number of rotatable bonds is 2. The van der Waals surface area contributed by atoms with E-state index in [1.54, 1.807) is 0 Å². The Morgan fingerprint density at radius 3 is 2.74 bits per heavy atom. The van der Waals surface area contributed by atoms with Gasteiger partial charge in [0, 0.05) is 19.2 Å². The first-order chi connectivity index (χ1) is 9.15. The Hall–Kier alpha value is -2.00. The van der Waals surface area contributed by atoms with Gasteiger partial charge in [-0.25, -0.2) is 4.98 Å².